The second-order valence-electron chi connectivity index (χ2n) is 3.14. The summed E-state index contributed by atoms with van der Waals surface area (Å²) in [7, 11) is -3.92. The SMILES string of the molecule is CCc1cc(Br)c(S(N)(=O)=O)cc1C(=O)O. The summed E-state index contributed by atoms with van der Waals surface area (Å²) < 4.78 is 22.6. The summed E-state index contributed by atoms with van der Waals surface area (Å²) in [6, 6.07) is 2.53. The van der Waals surface area contributed by atoms with E-state index in [4.69, 9.17) is 10.2 Å². The lowest BCUT2D eigenvalue weighted by Crippen LogP contribution is -2.15. The molecule has 1 aromatic rings. The van der Waals surface area contributed by atoms with Crippen molar-refractivity contribution in [2.45, 2.75) is 18.2 Å². The van der Waals surface area contributed by atoms with Gasteiger partial charge in [-0.3, -0.25) is 0 Å². The zero-order chi connectivity index (χ0) is 12.5. The van der Waals surface area contributed by atoms with Crippen LogP contribution in [0.3, 0.4) is 0 Å². The number of carboxylic acids is 1. The van der Waals surface area contributed by atoms with E-state index in [2.05, 4.69) is 15.9 Å². The van der Waals surface area contributed by atoms with Crippen molar-refractivity contribution >= 4 is 31.9 Å². The van der Waals surface area contributed by atoms with E-state index >= 15 is 0 Å². The van der Waals surface area contributed by atoms with Crippen molar-refractivity contribution in [2.75, 3.05) is 0 Å². The zero-order valence-corrected chi connectivity index (χ0v) is 10.8. The highest BCUT2D eigenvalue weighted by Gasteiger charge is 2.18. The number of nitrogens with two attached hydrogens (primary N) is 1. The Kier molecular flexibility index (Phi) is 3.72. The number of rotatable bonds is 3. The van der Waals surface area contributed by atoms with E-state index in [0.717, 1.165) is 6.07 Å². The van der Waals surface area contributed by atoms with Crippen molar-refractivity contribution in [3.8, 4) is 0 Å². The average Bonchev–Trinajstić information content (AvgIpc) is 2.14. The lowest BCUT2D eigenvalue weighted by atomic mass is 10.1. The van der Waals surface area contributed by atoms with Crippen molar-refractivity contribution in [3.05, 3.63) is 27.7 Å². The van der Waals surface area contributed by atoms with Gasteiger partial charge in [0.15, 0.2) is 0 Å². The van der Waals surface area contributed by atoms with E-state index in [0.29, 0.717) is 12.0 Å². The van der Waals surface area contributed by atoms with Gasteiger partial charge in [0, 0.05) is 4.47 Å². The van der Waals surface area contributed by atoms with E-state index < -0.39 is 16.0 Å². The molecule has 0 saturated heterocycles. The Morgan fingerprint density at radius 3 is 2.44 bits per heavy atom. The number of primary sulfonamides is 1. The number of hydrogen-bond donors (Lipinski definition) is 2. The summed E-state index contributed by atoms with van der Waals surface area (Å²) in [6.45, 7) is 1.78. The van der Waals surface area contributed by atoms with Crippen LogP contribution in [-0.4, -0.2) is 19.5 Å². The second-order valence-corrected chi connectivity index (χ2v) is 5.53. The van der Waals surface area contributed by atoms with E-state index in [1.54, 1.807) is 6.92 Å². The first-order valence-electron chi connectivity index (χ1n) is 4.36. The molecule has 0 aliphatic rings. The first kappa shape index (κ1) is 13.1. The third-order valence-corrected chi connectivity index (χ3v) is 3.94. The molecule has 0 aliphatic carbocycles. The van der Waals surface area contributed by atoms with Crippen LogP contribution in [0.4, 0.5) is 0 Å². The minimum absolute atomic E-state index is 0.0466. The molecule has 0 unspecified atom stereocenters. The van der Waals surface area contributed by atoms with Gasteiger partial charge in [0.05, 0.1) is 10.5 Å². The number of halogens is 1. The molecule has 3 N–H and O–H groups in total. The summed E-state index contributed by atoms with van der Waals surface area (Å²) in [5.74, 6) is -1.17. The highest BCUT2D eigenvalue weighted by molar-refractivity contribution is 9.10. The molecule has 0 saturated carbocycles. The highest BCUT2D eigenvalue weighted by Crippen LogP contribution is 2.25. The molecule has 7 heteroatoms. The molecule has 0 aliphatic heterocycles. The minimum Gasteiger partial charge on any atom is -0.478 e. The lowest BCUT2D eigenvalue weighted by molar-refractivity contribution is 0.0695. The zero-order valence-electron chi connectivity index (χ0n) is 8.40. The van der Waals surface area contributed by atoms with Crippen molar-refractivity contribution in [3.63, 3.8) is 0 Å². The van der Waals surface area contributed by atoms with Crippen molar-refractivity contribution in [2.24, 2.45) is 5.14 Å². The van der Waals surface area contributed by atoms with Gasteiger partial charge in [-0.2, -0.15) is 0 Å². The number of carbonyl (C=O) groups is 1. The van der Waals surface area contributed by atoms with Gasteiger partial charge < -0.3 is 5.11 Å². The van der Waals surface area contributed by atoms with Gasteiger partial charge in [-0.25, -0.2) is 18.4 Å². The van der Waals surface area contributed by atoms with Gasteiger partial charge in [0.1, 0.15) is 0 Å². The summed E-state index contributed by atoms with van der Waals surface area (Å²) in [6.07, 6.45) is 0.491. The molecular weight excluding hydrogens is 298 g/mol. The van der Waals surface area contributed by atoms with Crippen molar-refractivity contribution < 1.29 is 18.3 Å². The van der Waals surface area contributed by atoms with E-state index in [-0.39, 0.29) is 14.9 Å². The average molecular weight is 308 g/mol. The van der Waals surface area contributed by atoms with E-state index in [9.17, 15) is 13.2 Å². The van der Waals surface area contributed by atoms with Gasteiger partial charge in [0.2, 0.25) is 10.0 Å². The van der Waals surface area contributed by atoms with Crippen molar-refractivity contribution in [1.82, 2.24) is 0 Å². The number of aromatic carboxylic acids is 1. The molecular formula is C9H10BrNO4S. The van der Waals surface area contributed by atoms with Gasteiger partial charge in [-0.1, -0.05) is 6.92 Å². The second kappa shape index (κ2) is 4.52. The van der Waals surface area contributed by atoms with Crippen LogP contribution in [0.15, 0.2) is 21.5 Å². The maximum atomic E-state index is 11.2. The fourth-order valence-electron chi connectivity index (χ4n) is 1.30. The van der Waals surface area contributed by atoms with Gasteiger partial charge in [-0.05, 0) is 40.0 Å². The third kappa shape index (κ3) is 2.60. The Hall–Kier alpha value is -0.920. The maximum absolute atomic E-state index is 11.2. The molecule has 0 bridgehead atoms. The van der Waals surface area contributed by atoms with Crippen LogP contribution >= 0.6 is 15.9 Å². The monoisotopic (exact) mass is 307 g/mol. The Balaban J connectivity index is 3.58. The quantitative estimate of drug-likeness (QED) is 0.881. The molecule has 1 rings (SSSR count). The third-order valence-electron chi connectivity index (χ3n) is 2.08. The molecule has 0 amide bonds. The van der Waals surface area contributed by atoms with Gasteiger partial charge in [0.25, 0.3) is 0 Å². The number of aryl methyl sites for hydroxylation is 1. The summed E-state index contributed by atoms with van der Waals surface area (Å²) in [4.78, 5) is 10.7. The number of benzene rings is 1. The Labute approximate surface area is 101 Å². The predicted molar refractivity (Wildman–Crippen MR) is 61.9 cm³/mol. The standard InChI is InChI=1S/C9H10BrNO4S/c1-2-5-3-7(10)8(16(11,14)15)4-6(5)9(12)13/h3-4H,2H2,1H3,(H,12,13)(H2,11,14,15). The molecule has 88 valence electrons. The van der Waals surface area contributed by atoms with Crippen LogP contribution in [0.5, 0.6) is 0 Å². The lowest BCUT2D eigenvalue weighted by Gasteiger charge is -2.08. The summed E-state index contributed by atoms with van der Waals surface area (Å²) in [5.41, 5.74) is 0.501. The largest absolute Gasteiger partial charge is 0.478 e. The van der Waals surface area contributed by atoms with E-state index in [1.807, 2.05) is 0 Å². The van der Waals surface area contributed by atoms with Crippen LogP contribution in [0.2, 0.25) is 0 Å². The maximum Gasteiger partial charge on any atom is 0.336 e. The first-order chi connectivity index (χ1) is 7.27. The fraction of sp³-hybridized carbons (Fsp3) is 0.222. The van der Waals surface area contributed by atoms with Crippen LogP contribution in [-0.2, 0) is 16.4 Å². The molecule has 0 spiro atoms. The van der Waals surface area contributed by atoms with Crippen LogP contribution in [0, 0.1) is 0 Å². The first-order valence-corrected chi connectivity index (χ1v) is 6.69. The molecule has 0 atom stereocenters. The normalized spacial score (nSPS) is 11.4. The molecule has 0 aromatic heterocycles. The number of hydrogen-bond acceptors (Lipinski definition) is 3. The van der Waals surface area contributed by atoms with Crippen LogP contribution in [0.1, 0.15) is 22.8 Å². The minimum atomic E-state index is -3.92. The van der Waals surface area contributed by atoms with E-state index in [1.165, 1.54) is 6.07 Å². The Morgan fingerprint density at radius 2 is 2.06 bits per heavy atom. The molecule has 1 aromatic carbocycles. The van der Waals surface area contributed by atoms with Crippen LogP contribution < -0.4 is 5.14 Å². The van der Waals surface area contributed by atoms with Gasteiger partial charge in [-0.15, -0.1) is 0 Å². The fourth-order valence-corrected chi connectivity index (χ4v) is 2.98. The molecule has 16 heavy (non-hydrogen) atoms. The Bertz CT molecular complexity index is 539. The molecule has 0 fully saturated rings. The number of sulfonamides is 1. The topological polar surface area (TPSA) is 97.5 Å². The number of carboxylic acid groups (broad SMARTS) is 1. The van der Waals surface area contributed by atoms with Gasteiger partial charge >= 0.3 is 5.97 Å². The molecule has 0 heterocycles. The highest BCUT2D eigenvalue weighted by atomic mass is 79.9. The summed E-state index contributed by atoms with van der Waals surface area (Å²) >= 11 is 3.05. The van der Waals surface area contributed by atoms with Crippen molar-refractivity contribution in [1.29, 1.82) is 0 Å². The molecule has 0 radical (unpaired) electrons. The smallest absolute Gasteiger partial charge is 0.336 e. The molecule has 5 nitrogen and oxygen atoms in total. The summed E-state index contributed by atoms with van der Waals surface area (Å²) in [5, 5.41) is 13.9. The predicted octanol–water partition coefficient (Wildman–Crippen LogP) is 1.36. The Morgan fingerprint density at radius 1 is 1.50 bits per heavy atom. The van der Waals surface area contributed by atoms with Crippen LogP contribution in [0.25, 0.3) is 0 Å².